The lowest BCUT2D eigenvalue weighted by molar-refractivity contribution is 0.415. The molecule has 0 aliphatic rings. The molecule has 74 valence electrons. The lowest BCUT2D eigenvalue weighted by Gasteiger charge is -2.17. The van der Waals surface area contributed by atoms with Crippen molar-refractivity contribution in [2.24, 2.45) is 11.8 Å². The van der Waals surface area contributed by atoms with Crippen LogP contribution in [0.1, 0.15) is 34.1 Å². The van der Waals surface area contributed by atoms with Crippen LogP contribution in [-0.4, -0.2) is 16.9 Å². The summed E-state index contributed by atoms with van der Waals surface area (Å²) in [4.78, 5) is 0. The normalized spacial score (nSPS) is 14.2. The number of rotatable bonds is 6. The van der Waals surface area contributed by atoms with Crippen LogP contribution in [0.4, 0.5) is 0 Å². The van der Waals surface area contributed by atoms with Crippen LogP contribution < -0.4 is 0 Å². The summed E-state index contributed by atoms with van der Waals surface area (Å²) in [6, 6.07) is 0. The van der Waals surface area contributed by atoms with E-state index in [4.69, 9.17) is 11.6 Å². The van der Waals surface area contributed by atoms with Crippen LogP contribution in [0, 0.1) is 11.8 Å². The van der Waals surface area contributed by atoms with E-state index in [9.17, 15) is 0 Å². The molecule has 1 atom stereocenters. The molecule has 0 N–H and O–H groups in total. The van der Waals surface area contributed by atoms with Gasteiger partial charge in [0.25, 0.3) is 0 Å². The summed E-state index contributed by atoms with van der Waals surface area (Å²) in [7, 11) is 0. The Bertz CT molecular complexity index is 102. The molecule has 0 rings (SSSR count). The highest BCUT2D eigenvalue weighted by Crippen LogP contribution is 2.21. The smallest absolute Gasteiger partial charge is 0.0254 e. The van der Waals surface area contributed by atoms with Crippen LogP contribution in [0.5, 0.6) is 0 Å². The number of hydrogen-bond donors (Lipinski definition) is 0. The average Bonchev–Trinajstić information content (AvgIpc) is 1.96. The first-order valence-electron chi connectivity index (χ1n) is 4.75. The highest BCUT2D eigenvalue weighted by molar-refractivity contribution is 7.99. The quantitative estimate of drug-likeness (QED) is 0.594. The highest BCUT2D eigenvalue weighted by atomic mass is 35.5. The van der Waals surface area contributed by atoms with Crippen molar-refractivity contribution in [1.29, 1.82) is 0 Å². The third-order valence-corrected chi connectivity index (χ3v) is 3.62. The van der Waals surface area contributed by atoms with Crippen molar-refractivity contribution in [3.05, 3.63) is 0 Å². The lowest BCUT2D eigenvalue weighted by atomic mass is 9.95. The second-order valence-corrected chi connectivity index (χ2v) is 5.86. The molecule has 0 aromatic carbocycles. The molecule has 0 aromatic rings. The van der Waals surface area contributed by atoms with E-state index in [-0.39, 0.29) is 0 Å². The van der Waals surface area contributed by atoms with Gasteiger partial charge >= 0.3 is 0 Å². The van der Waals surface area contributed by atoms with Crippen LogP contribution in [0.25, 0.3) is 0 Å². The van der Waals surface area contributed by atoms with Crippen molar-refractivity contribution in [3.8, 4) is 0 Å². The Morgan fingerprint density at radius 2 is 1.75 bits per heavy atom. The predicted octanol–water partition coefficient (Wildman–Crippen LogP) is 4.03. The van der Waals surface area contributed by atoms with Gasteiger partial charge in [-0.25, -0.2) is 0 Å². The van der Waals surface area contributed by atoms with Gasteiger partial charge in [-0.05, 0) is 29.3 Å². The monoisotopic (exact) mass is 208 g/mol. The molecule has 0 bridgehead atoms. The molecule has 0 fully saturated rings. The Morgan fingerprint density at radius 3 is 2.08 bits per heavy atom. The average molecular weight is 209 g/mol. The van der Waals surface area contributed by atoms with Crippen molar-refractivity contribution < 1.29 is 0 Å². The van der Waals surface area contributed by atoms with E-state index in [1.54, 1.807) is 0 Å². The molecule has 12 heavy (non-hydrogen) atoms. The molecular formula is C10H21ClS. The van der Waals surface area contributed by atoms with Gasteiger partial charge in [0.1, 0.15) is 0 Å². The van der Waals surface area contributed by atoms with Gasteiger partial charge in [-0.3, -0.25) is 0 Å². The summed E-state index contributed by atoms with van der Waals surface area (Å²) in [6.45, 7) is 9.01. The second kappa shape index (κ2) is 7.08. The fourth-order valence-corrected chi connectivity index (χ4v) is 2.46. The summed E-state index contributed by atoms with van der Waals surface area (Å²) in [5, 5.41) is 0.758. The largest absolute Gasteiger partial charge is 0.159 e. The summed E-state index contributed by atoms with van der Waals surface area (Å²) >= 11 is 7.90. The third-order valence-electron chi connectivity index (χ3n) is 2.08. The molecule has 0 nitrogen and oxygen atoms in total. The van der Waals surface area contributed by atoms with E-state index in [0.717, 1.165) is 17.0 Å². The minimum Gasteiger partial charge on any atom is -0.159 e. The van der Waals surface area contributed by atoms with E-state index < -0.39 is 0 Å². The van der Waals surface area contributed by atoms with Crippen molar-refractivity contribution >= 4 is 23.4 Å². The maximum Gasteiger partial charge on any atom is 0.0254 e. The van der Waals surface area contributed by atoms with E-state index in [1.165, 1.54) is 12.2 Å². The molecule has 0 aliphatic carbocycles. The number of thioether (sulfide) groups is 1. The molecule has 0 saturated carbocycles. The van der Waals surface area contributed by atoms with E-state index in [2.05, 4.69) is 27.7 Å². The summed E-state index contributed by atoms with van der Waals surface area (Å²) in [5.74, 6) is 3.51. The van der Waals surface area contributed by atoms with Gasteiger partial charge in [0.2, 0.25) is 0 Å². The first kappa shape index (κ1) is 12.6. The number of halogens is 1. The van der Waals surface area contributed by atoms with Crippen LogP contribution >= 0.6 is 23.4 Å². The van der Waals surface area contributed by atoms with Crippen molar-refractivity contribution in [2.75, 3.05) is 11.6 Å². The topological polar surface area (TPSA) is 0 Å². The third kappa shape index (κ3) is 6.19. The van der Waals surface area contributed by atoms with Gasteiger partial charge in [0, 0.05) is 5.88 Å². The van der Waals surface area contributed by atoms with Gasteiger partial charge in [-0.15, -0.1) is 11.6 Å². The predicted molar refractivity (Wildman–Crippen MR) is 61.3 cm³/mol. The summed E-state index contributed by atoms with van der Waals surface area (Å²) in [5.41, 5.74) is 0. The van der Waals surface area contributed by atoms with Gasteiger partial charge in [0.15, 0.2) is 0 Å². The first-order chi connectivity index (χ1) is 5.57. The van der Waals surface area contributed by atoms with Crippen molar-refractivity contribution in [2.45, 2.75) is 39.4 Å². The zero-order chi connectivity index (χ0) is 9.56. The molecule has 0 heterocycles. The molecule has 0 aliphatic heterocycles. The molecular weight excluding hydrogens is 188 g/mol. The fraction of sp³-hybridized carbons (Fsp3) is 1.00. The Kier molecular flexibility index (Phi) is 7.46. The van der Waals surface area contributed by atoms with Gasteiger partial charge in [0.05, 0.1) is 0 Å². The van der Waals surface area contributed by atoms with E-state index in [1.807, 2.05) is 11.8 Å². The number of alkyl halides is 1. The molecule has 0 saturated heterocycles. The Morgan fingerprint density at radius 1 is 1.17 bits per heavy atom. The van der Waals surface area contributed by atoms with Crippen LogP contribution in [0.3, 0.4) is 0 Å². The SMILES string of the molecule is CC(C)SCCC(CCl)C(C)C. The Balaban J connectivity index is 3.45. The van der Waals surface area contributed by atoms with E-state index in [0.29, 0.717) is 5.92 Å². The second-order valence-electron chi connectivity index (χ2n) is 3.87. The zero-order valence-electron chi connectivity index (χ0n) is 8.64. The maximum atomic E-state index is 5.87. The standard InChI is InChI=1S/C10H21ClS/c1-8(2)10(7-11)5-6-12-9(3)4/h8-10H,5-7H2,1-4H3. The Hall–Kier alpha value is 0.640. The first-order valence-corrected chi connectivity index (χ1v) is 6.33. The summed E-state index contributed by atoms with van der Waals surface area (Å²) < 4.78 is 0. The lowest BCUT2D eigenvalue weighted by Crippen LogP contribution is -2.11. The molecule has 0 spiro atoms. The van der Waals surface area contributed by atoms with Gasteiger partial charge < -0.3 is 0 Å². The minimum absolute atomic E-state index is 0.706. The van der Waals surface area contributed by atoms with Crippen LogP contribution in [0.2, 0.25) is 0 Å². The van der Waals surface area contributed by atoms with Crippen LogP contribution in [-0.2, 0) is 0 Å². The van der Waals surface area contributed by atoms with Gasteiger partial charge in [-0.2, -0.15) is 11.8 Å². The molecule has 0 aromatic heterocycles. The molecule has 0 amide bonds. The fourth-order valence-electron chi connectivity index (χ4n) is 1.04. The number of hydrogen-bond acceptors (Lipinski definition) is 1. The van der Waals surface area contributed by atoms with Crippen LogP contribution in [0.15, 0.2) is 0 Å². The maximum absolute atomic E-state index is 5.87. The zero-order valence-corrected chi connectivity index (χ0v) is 10.2. The minimum atomic E-state index is 0.706. The van der Waals surface area contributed by atoms with E-state index >= 15 is 0 Å². The van der Waals surface area contributed by atoms with Crippen molar-refractivity contribution in [1.82, 2.24) is 0 Å². The molecule has 2 heteroatoms. The summed E-state index contributed by atoms with van der Waals surface area (Å²) in [6.07, 6.45) is 1.27. The molecule has 0 radical (unpaired) electrons. The Labute approximate surface area is 86.5 Å². The van der Waals surface area contributed by atoms with Crippen molar-refractivity contribution in [3.63, 3.8) is 0 Å². The van der Waals surface area contributed by atoms with Gasteiger partial charge in [-0.1, -0.05) is 27.7 Å². The highest BCUT2D eigenvalue weighted by Gasteiger charge is 2.11. The molecule has 1 unspecified atom stereocenters.